The lowest BCUT2D eigenvalue weighted by Crippen LogP contribution is -2.34. The van der Waals surface area contributed by atoms with E-state index < -0.39 is 0 Å². The number of amides is 1. The van der Waals surface area contributed by atoms with Crippen LogP contribution >= 0.6 is 11.6 Å². The van der Waals surface area contributed by atoms with E-state index in [0.717, 1.165) is 16.1 Å². The maximum Gasteiger partial charge on any atom is 0.251 e. The Balaban J connectivity index is 2.06. The Labute approximate surface area is 130 Å². The lowest BCUT2D eigenvalue weighted by Gasteiger charge is -2.16. The van der Waals surface area contributed by atoms with Crippen molar-refractivity contribution in [1.82, 2.24) is 5.32 Å². The largest absolute Gasteiger partial charge is 0.398 e. The Bertz CT molecular complexity index is 655. The number of benzene rings is 2. The van der Waals surface area contributed by atoms with Gasteiger partial charge in [-0.1, -0.05) is 35.9 Å². The molecule has 0 aromatic heterocycles. The summed E-state index contributed by atoms with van der Waals surface area (Å²) in [5, 5.41) is 3.71. The van der Waals surface area contributed by atoms with Crippen molar-refractivity contribution in [1.29, 1.82) is 0 Å². The van der Waals surface area contributed by atoms with Gasteiger partial charge in [-0.15, -0.1) is 0 Å². The Morgan fingerprint density at radius 3 is 2.67 bits per heavy atom. The van der Waals surface area contributed by atoms with Crippen molar-refractivity contribution >= 4 is 23.2 Å². The van der Waals surface area contributed by atoms with E-state index in [1.54, 1.807) is 18.2 Å². The molecule has 2 rings (SSSR count). The number of anilines is 1. The molecule has 0 saturated heterocycles. The molecule has 2 aromatic rings. The number of nitrogen functional groups attached to an aromatic ring is 1. The Morgan fingerprint density at radius 2 is 1.95 bits per heavy atom. The van der Waals surface area contributed by atoms with Crippen LogP contribution in [0.15, 0.2) is 42.5 Å². The lowest BCUT2D eigenvalue weighted by molar-refractivity contribution is 0.0939. The van der Waals surface area contributed by atoms with Crippen molar-refractivity contribution in [2.24, 2.45) is 0 Å². The van der Waals surface area contributed by atoms with Crippen LogP contribution in [-0.4, -0.2) is 11.9 Å². The highest BCUT2D eigenvalue weighted by Gasteiger charge is 2.14. The van der Waals surface area contributed by atoms with Crippen molar-refractivity contribution in [3.63, 3.8) is 0 Å². The van der Waals surface area contributed by atoms with Gasteiger partial charge < -0.3 is 11.1 Å². The minimum atomic E-state index is -0.112. The molecule has 0 fully saturated rings. The van der Waals surface area contributed by atoms with Crippen molar-refractivity contribution in [3.8, 4) is 0 Å². The molecular formula is C17H19ClN2O. The Hall–Kier alpha value is -2.00. The highest BCUT2D eigenvalue weighted by atomic mass is 35.5. The third-order valence-corrected chi connectivity index (χ3v) is 3.85. The SMILES string of the molecule is Cc1c(N)cccc1C(=O)NC(C)Cc1ccccc1Cl. The molecule has 3 N–H and O–H groups in total. The number of halogens is 1. The van der Waals surface area contributed by atoms with Crippen LogP contribution in [0.2, 0.25) is 5.02 Å². The van der Waals surface area contributed by atoms with Crippen molar-refractivity contribution in [3.05, 3.63) is 64.2 Å². The van der Waals surface area contributed by atoms with Gasteiger partial charge in [0.1, 0.15) is 0 Å². The van der Waals surface area contributed by atoms with Gasteiger partial charge in [0.15, 0.2) is 0 Å². The number of carbonyl (C=O) groups excluding carboxylic acids is 1. The third-order valence-electron chi connectivity index (χ3n) is 3.48. The van der Waals surface area contributed by atoms with Crippen LogP contribution < -0.4 is 11.1 Å². The summed E-state index contributed by atoms with van der Waals surface area (Å²) in [5.74, 6) is -0.112. The van der Waals surface area contributed by atoms with Gasteiger partial charge in [0.05, 0.1) is 0 Å². The van der Waals surface area contributed by atoms with Crippen molar-refractivity contribution < 1.29 is 4.79 Å². The number of nitrogens with one attached hydrogen (secondary N) is 1. The van der Waals surface area contributed by atoms with Crippen LogP contribution in [0.25, 0.3) is 0 Å². The molecule has 0 aliphatic rings. The number of carbonyl (C=O) groups is 1. The highest BCUT2D eigenvalue weighted by molar-refractivity contribution is 6.31. The van der Waals surface area contributed by atoms with Gasteiger partial charge in [-0.05, 0) is 49.6 Å². The first-order valence-corrected chi connectivity index (χ1v) is 7.26. The molecule has 0 bridgehead atoms. The van der Waals surface area contributed by atoms with Crippen LogP contribution in [0.4, 0.5) is 5.69 Å². The molecule has 2 aromatic carbocycles. The Morgan fingerprint density at radius 1 is 1.24 bits per heavy atom. The number of rotatable bonds is 4. The van der Waals surface area contributed by atoms with E-state index in [9.17, 15) is 4.79 Å². The standard InChI is InChI=1S/C17H19ClN2O/c1-11(10-13-6-3-4-8-15(13)18)20-17(21)14-7-5-9-16(19)12(14)2/h3-9,11H,10,19H2,1-2H3,(H,20,21). The van der Waals surface area contributed by atoms with E-state index in [1.165, 1.54) is 0 Å². The monoisotopic (exact) mass is 302 g/mol. The van der Waals surface area contributed by atoms with Gasteiger partial charge in [0, 0.05) is 22.3 Å². The zero-order valence-corrected chi connectivity index (χ0v) is 12.9. The van der Waals surface area contributed by atoms with Crippen molar-refractivity contribution in [2.75, 3.05) is 5.73 Å². The summed E-state index contributed by atoms with van der Waals surface area (Å²) in [7, 11) is 0. The Kier molecular flexibility index (Phi) is 4.86. The highest BCUT2D eigenvalue weighted by Crippen LogP contribution is 2.18. The molecule has 0 aliphatic heterocycles. The van der Waals surface area contributed by atoms with Gasteiger partial charge >= 0.3 is 0 Å². The average Bonchev–Trinajstić information content (AvgIpc) is 2.44. The minimum Gasteiger partial charge on any atom is -0.398 e. The first-order valence-electron chi connectivity index (χ1n) is 6.88. The molecule has 0 aliphatic carbocycles. The second-order valence-corrected chi connectivity index (χ2v) is 5.60. The molecule has 0 radical (unpaired) electrons. The van der Waals surface area contributed by atoms with Crippen LogP contribution in [0.3, 0.4) is 0 Å². The molecule has 1 unspecified atom stereocenters. The summed E-state index contributed by atoms with van der Waals surface area (Å²) >= 11 is 6.14. The van der Waals surface area contributed by atoms with E-state index in [-0.39, 0.29) is 11.9 Å². The fourth-order valence-electron chi connectivity index (χ4n) is 2.25. The normalized spacial score (nSPS) is 12.0. The fourth-order valence-corrected chi connectivity index (χ4v) is 2.46. The molecule has 21 heavy (non-hydrogen) atoms. The van der Waals surface area contributed by atoms with E-state index >= 15 is 0 Å². The average molecular weight is 303 g/mol. The summed E-state index contributed by atoms with van der Waals surface area (Å²) in [5.41, 5.74) is 8.90. The van der Waals surface area contributed by atoms with Crippen LogP contribution in [0, 0.1) is 6.92 Å². The van der Waals surface area contributed by atoms with Gasteiger partial charge in [-0.25, -0.2) is 0 Å². The van der Waals surface area contributed by atoms with Gasteiger partial charge in [0.25, 0.3) is 5.91 Å². The zero-order valence-electron chi connectivity index (χ0n) is 12.2. The summed E-state index contributed by atoms with van der Waals surface area (Å²) < 4.78 is 0. The smallest absolute Gasteiger partial charge is 0.251 e. The first kappa shape index (κ1) is 15.4. The minimum absolute atomic E-state index is 0.0155. The number of nitrogens with two attached hydrogens (primary N) is 1. The molecule has 110 valence electrons. The van der Waals surface area contributed by atoms with Crippen LogP contribution in [0.5, 0.6) is 0 Å². The summed E-state index contributed by atoms with van der Waals surface area (Å²) in [6.45, 7) is 3.81. The molecular weight excluding hydrogens is 284 g/mol. The summed E-state index contributed by atoms with van der Waals surface area (Å²) in [4.78, 5) is 12.3. The molecule has 1 atom stereocenters. The predicted molar refractivity (Wildman–Crippen MR) is 87.7 cm³/mol. The number of hydrogen-bond donors (Lipinski definition) is 2. The first-order chi connectivity index (χ1) is 9.99. The summed E-state index contributed by atoms with van der Waals surface area (Å²) in [6, 6.07) is 13.0. The fraction of sp³-hybridized carbons (Fsp3) is 0.235. The molecule has 3 nitrogen and oxygen atoms in total. The van der Waals surface area contributed by atoms with Crippen LogP contribution in [-0.2, 0) is 6.42 Å². The molecule has 0 spiro atoms. The number of hydrogen-bond acceptors (Lipinski definition) is 2. The third kappa shape index (κ3) is 3.76. The lowest BCUT2D eigenvalue weighted by atomic mass is 10.0. The molecule has 4 heteroatoms. The van der Waals surface area contributed by atoms with Crippen LogP contribution in [0.1, 0.15) is 28.4 Å². The predicted octanol–water partition coefficient (Wildman–Crippen LogP) is 3.59. The topological polar surface area (TPSA) is 55.1 Å². The summed E-state index contributed by atoms with van der Waals surface area (Å²) in [6.07, 6.45) is 0.687. The maximum atomic E-state index is 12.3. The molecule has 0 saturated carbocycles. The zero-order chi connectivity index (χ0) is 15.4. The van der Waals surface area contributed by atoms with Gasteiger partial charge in [-0.2, -0.15) is 0 Å². The molecule has 1 amide bonds. The van der Waals surface area contributed by atoms with Crippen molar-refractivity contribution in [2.45, 2.75) is 26.3 Å². The second kappa shape index (κ2) is 6.64. The quantitative estimate of drug-likeness (QED) is 0.848. The maximum absolute atomic E-state index is 12.3. The second-order valence-electron chi connectivity index (χ2n) is 5.19. The van der Waals surface area contributed by atoms with E-state index in [2.05, 4.69) is 5.32 Å². The van der Waals surface area contributed by atoms with Gasteiger partial charge in [-0.3, -0.25) is 4.79 Å². The molecule has 0 heterocycles. The van der Waals surface area contributed by atoms with Gasteiger partial charge in [0.2, 0.25) is 0 Å². The van der Waals surface area contributed by atoms with E-state index in [1.807, 2.05) is 38.1 Å². The van der Waals surface area contributed by atoms with E-state index in [0.29, 0.717) is 17.7 Å². The van der Waals surface area contributed by atoms with E-state index in [4.69, 9.17) is 17.3 Å².